The van der Waals surface area contributed by atoms with E-state index in [0.717, 1.165) is 22.6 Å². The minimum absolute atomic E-state index is 0.367. The fraction of sp³-hybridized carbons (Fsp3) is 0.333. The molecule has 0 aliphatic heterocycles. The number of carbonyl (C=O) groups is 1. The van der Waals surface area contributed by atoms with E-state index in [1.54, 1.807) is 18.3 Å². The summed E-state index contributed by atoms with van der Waals surface area (Å²) < 4.78 is 19.3. The molecule has 0 atom stereocenters. The van der Waals surface area contributed by atoms with Crippen LogP contribution in [-0.4, -0.2) is 36.5 Å². The third kappa shape index (κ3) is 5.60. The van der Waals surface area contributed by atoms with Gasteiger partial charge in [-0.15, -0.1) is 0 Å². The number of ether oxygens (including phenoxy) is 3. The van der Waals surface area contributed by atoms with Crippen molar-refractivity contribution in [3.05, 3.63) is 70.5 Å². The Bertz CT molecular complexity index is 1140. The Morgan fingerprint density at radius 1 is 0.912 bits per heavy atom. The van der Waals surface area contributed by atoms with E-state index in [4.69, 9.17) is 14.2 Å². The van der Waals surface area contributed by atoms with Crippen molar-refractivity contribution in [3.63, 3.8) is 0 Å². The number of nitrogens with zero attached hydrogens (tertiary/aromatic N) is 2. The summed E-state index contributed by atoms with van der Waals surface area (Å²) in [7, 11) is 0. The number of aromatic nitrogens is 1. The third-order valence-electron chi connectivity index (χ3n) is 5.30. The van der Waals surface area contributed by atoms with Crippen molar-refractivity contribution in [2.75, 3.05) is 19.8 Å². The molecule has 3 aromatic rings. The van der Waals surface area contributed by atoms with Crippen molar-refractivity contribution < 1.29 is 19.0 Å². The van der Waals surface area contributed by atoms with E-state index in [1.807, 2.05) is 40.7 Å². The number of hydrogen-bond donors (Lipinski definition) is 1. The molecular weight excluding hydrogens is 430 g/mol. The van der Waals surface area contributed by atoms with Gasteiger partial charge in [0.05, 0.1) is 26.0 Å². The summed E-state index contributed by atoms with van der Waals surface area (Å²) in [6.45, 7) is 13.1. The summed E-state index contributed by atoms with van der Waals surface area (Å²) in [5.41, 5.74) is 8.34. The van der Waals surface area contributed by atoms with Gasteiger partial charge in [-0.2, -0.15) is 5.10 Å². The largest absolute Gasteiger partial charge is 0.490 e. The van der Waals surface area contributed by atoms with Gasteiger partial charge in [0, 0.05) is 28.2 Å². The molecule has 7 nitrogen and oxygen atoms in total. The normalized spacial score (nSPS) is 11.0. The van der Waals surface area contributed by atoms with E-state index >= 15 is 0 Å². The van der Waals surface area contributed by atoms with E-state index in [9.17, 15) is 4.79 Å². The van der Waals surface area contributed by atoms with E-state index in [-0.39, 0.29) is 5.91 Å². The van der Waals surface area contributed by atoms with Crippen LogP contribution in [0.3, 0.4) is 0 Å². The SMILES string of the molecule is CCOc1cc(C(=O)N/N=C/c2cc(C)n(-c3ccc(C)cc3)c2C)cc(OCC)c1OCC. The Morgan fingerprint density at radius 3 is 2.06 bits per heavy atom. The quantitative estimate of drug-likeness (QED) is 0.324. The minimum Gasteiger partial charge on any atom is -0.490 e. The summed E-state index contributed by atoms with van der Waals surface area (Å²) in [6, 6.07) is 13.7. The Hall–Kier alpha value is -3.74. The number of aryl methyl sites for hydroxylation is 2. The molecule has 3 rings (SSSR count). The number of benzene rings is 2. The first-order chi connectivity index (χ1) is 16.4. The van der Waals surface area contributed by atoms with Crippen LogP contribution in [0, 0.1) is 20.8 Å². The van der Waals surface area contributed by atoms with Crippen molar-refractivity contribution in [2.45, 2.75) is 41.5 Å². The molecule has 0 saturated carbocycles. The van der Waals surface area contributed by atoms with Crippen molar-refractivity contribution in [3.8, 4) is 22.9 Å². The fourth-order valence-corrected chi connectivity index (χ4v) is 3.75. The zero-order valence-corrected chi connectivity index (χ0v) is 20.8. The second-order valence-corrected chi connectivity index (χ2v) is 7.80. The molecule has 0 aliphatic rings. The molecule has 1 aromatic heterocycles. The predicted molar refractivity (Wildman–Crippen MR) is 135 cm³/mol. The van der Waals surface area contributed by atoms with Gasteiger partial charge in [-0.1, -0.05) is 17.7 Å². The summed E-state index contributed by atoms with van der Waals surface area (Å²) in [4.78, 5) is 12.8. The van der Waals surface area contributed by atoms with E-state index < -0.39 is 0 Å². The van der Waals surface area contributed by atoms with Gasteiger partial charge in [0.2, 0.25) is 5.75 Å². The fourth-order valence-electron chi connectivity index (χ4n) is 3.75. The molecule has 2 aromatic carbocycles. The average Bonchev–Trinajstić information content (AvgIpc) is 3.09. The van der Waals surface area contributed by atoms with Gasteiger partial charge in [-0.25, -0.2) is 5.43 Å². The first kappa shape index (κ1) is 24.9. The summed E-state index contributed by atoms with van der Waals surface area (Å²) in [5, 5.41) is 4.20. The molecule has 1 amide bonds. The van der Waals surface area contributed by atoms with Crippen LogP contribution < -0.4 is 19.6 Å². The molecule has 0 saturated heterocycles. The van der Waals surface area contributed by atoms with Crippen molar-refractivity contribution >= 4 is 12.1 Å². The molecule has 0 spiro atoms. The van der Waals surface area contributed by atoms with Crippen molar-refractivity contribution in [2.24, 2.45) is 5.10 Å². The van der Waals surface area contributed by atoms with Gasteiger partial charge >= 0.3 is 0 Å². The number of hydrazone groups is 1. The van der Waals surface area contributed by atoms with Crippen LogP contribution >= 0.6 is 0 Å². The van der Waals surface area contributed by atoms with Crippen LogP contribution in [0.5, 0.6) is 17.2 Å². The first-order valence-electron chi connectivity index (χ1n) is 11.5. The molecule has 7 heteroatoms. The highest BCUT2D eigenvalue weighted by Crippen LogP contribution is 2.39. The molecule has 1 N–H and O–H groups in total. The molecule has 0 aliphatic carbocycles. The summed E-state index contributed by atoms with van der Waals surface area (Å²) in [5.74, 6) is 1.06. The highest BCUT2D eigenvalue weighted by molar-refractivity contribution is 5.96. The average molecular weight is 464 g/mol. The van der Waals surface area contributed by atoms with Crippen LogP contribution in [0.2, 0.25) is 0 Å². The van der Waals surface area contributed by atoms with Crippen molar-refractivity contribution in [1.82, 2.24) is 9.99 Å². The zero-order chi connectivity index (χ0) is 24.7. The van der Waals surface area contributed by atoms with Gasteiger partial charge in [-0.05, 0) is 71.9 Å². The maximum atomic E-state index is 12.8. The molecule has 180 valence electrons. The molecule has 34 heavy (non-hydrogen) atoms. The second kappa shape index (κ2) is 11.4. The molecule has 0 fully saturated rings. The van der Waals surface area contributed by atoms with Gasteiger partial charge < -0.3 is 18.8 Å². The van der Waals surface area contributed by atoms with Crippen LogP contribution in [0.1, 0.15) is 53.6 Å². The first-order valence-corrected chi connectivity index (χ1v) is 11.5. The maximum absolute atomic E-state index is 12.8. The standard InChI is InChI=1S/C27H33N3O4/c1-7-32-24-15-21(16-25(33-8-2)26(24)34-9-3)27(31)29-28-17-22-14-19(5)30(20(22)6)23-12-10-18(4)11-13-23/h10-17H,7-9H2,1-6H3,(H,29,31)/b28-17+. The number of nitrogens with one attached hydrogen (secondary N) is 1. The Labute approximate surface area is 201 Å². The number of carbonyl (C=O) groups excluding carboxylic acids is 1. The van der Waals surface area contributed by atoms with Crippen molar-refractivity contribution in [1.29, 1.82) is 0 Å². The molecule has 0 radical (unpaired) electrons. The third-order valence-corrected chi connectivity index (χ3v) is 5.30. The summed E-state index contributed by atoms with van der Waals surface area (Å²) in [6.07, 6.45) is 1.66. The number of hydrogen-bond acceptors (Lipinski definition) is 5. The van der Waals surface area contributed by atoms with Gasteiger partial charge in [0.25, 0.3) is 5.91 Å². The van der Waals surface area contributed by atoms with E-state index in [2.05, 4.69) is 46.3 Å². The van der Waals surface area contributed by atoms with Gasteiger partial charge in [-0.3, -0.25) is 4.79 Å². The van der Waals surface area contributed by atoms with Gasteiger partial charge in [0.15, 0.2) is 11.5 Å². The van der Waals surface area contributed by atoms with E-state index in [0.29, 0.717) is 42.6 Å². The molecule has 0 unspecified atom stereocenters. The maximum Gasteiger partial charge on any atom is 0.271 e. The van der Waals surface area contributed by atoms with E-state index in [1.165, 1.54) is 5.56 Å². The lowest BCUT2D eigenvalue weighted by molar-refractivity contribution is 0.0954. The lowest BCUT2D eigenvalue weighted by atomic mass is 10.1. The highest BCUT2D eigenvalue weighted by atomic mass is 16.5. The van der Waals surface area contributed by atoms with Crippen LogP contribution in [0.15, 0.2) is 47.6 Å². The smallest absolute Gasteiger partial charge is 0.271 e. The second-order valence-electron chi connectivity index (χ2n) is 7.80. The van der Waals surface area contributed by atoms with Gasteiger partial charge in [0.1, 0.15) is 0 Å². The van der Waals surface area contributed by atoms with Crippen LogP contribution in [0.25, 0.3) is 5.69 Å². The minimum atomic E-state index is -0.367. The Balaban J connectivity index is 1.82. The predicted octanol–water partition coefficient (Wildman–Crippen LogP) is 5.36. The lowest BCUT2D eigenvalue weighted by Crippen LogP contribution is -2.18. The lowest BCUT2D eigenvalue weighted by Gasteiger charge is -2.16. The summed E-state index contributed by atoms with van der Waals surface area (Å²) >= 11 is 0. The molecular formula is C27H33N3O4. The van der Waals surface area contributed by atoms with Crippen LogP contribution in [0.4, 0.5) is 0 Å². The zero-order valence-electron chi connectivity index (χ0n) is 20.8. The van der Waals surface area contributed by atoms with Crippen LogP contribution in [-0.2, 0) is 0 Å². The number of amides is 1. The molecule has 0 bridgehead atoms. The highest BCUT2D eigenvalue weighted by Gasteiger charge is 2.18. The topological polar surface area (TPSA) is 74.1 Å². The Kier molecular flexibility index (Phi) is 8.35. The number of rotatable bonds is 10. The molecule has 1 heterocycles. The Morgan fingerprint density at radius 2 is 1.50 bits per heavy atom. The monoisotopic (exact) mass is 463 g/mol.